The molecule has 3 nitrogen and oxygen atoms in total. The van der Waals surface area contributed by atoms with Crippen LogP contribution < -0.4 is 5.43 Å². The van der Waals surface area contributed by atoms with Crippen LogP contribution in [0.15, 0.2) is 36.4 Å². The van der Waals surface area contributed by atoms with E-state index in [4.69, 9.17) is 0 Å². The van der Waals surface area contributed by atoms with Gasteiger partial charge in [-0.15, -0.1) is 0 Å². The fourth-order valence-corrected chi connectivity index (χ4v) is 3.35. The SMILES string of the molecule is Cc1ccc2c([C@H](N3NC(=O)CC3(C)C)C(F)(F)F)cccc2c1. The normalized spacial score (nSPS) is 19.5. The Balaban J connectivity index is 2.20. The van der Waals surface area contributed by atoms with Crippen LogP contribution >= 0.6 is 0 Å². The van der Waals surface area contributed by atoms with Crippen molar-refractivity contribution in [3.05, 3.63) is 47.5 Å². The van der Waals surface area contributed by atoms with E-state index >= 15 is 0 Å². The Labute approximate surface area is 138 Å². The third-order valence-electron chi connectivity index (χ3n) is 4.42. The average Bonchev–Trinajstić information content (AvgIpc) is 2.70. The highest BCUT2D eigenvalue weighted by atomic mass is 19.4. The maximum absolute atomic E-state index is 13.9. The first kappa shape index (κ1) is 16.8. The summed E-state index contributed by atoms with van der Waals surface area (Å²) in [5.41, 5.74) is 2.61. The van der Waals surface area contributed by atoms with Crippen molar-refractivity contribution >= 4 is 16.7 Å². The maximum Gasteiger partial charge on any atom is 0.409 e. The molecule has 3 rings (SSSR count). The third kappa shape index (κ3) is 2.86. The standard InChI is InChI=1S/C18H19F3N2O/c1-11-7-8-13-12(9-11)5-4-6-14(13)16(18(19,20)21)23-17(2,3)10-15(24)22-23/h4-9,16H,10H2,1-3H3,(H,22,24)/t16-/m0/s1. The van der Waals surface area contributed by atoms with Gasteiger partial charge in [-0.2, -0.15) is 18.2 Å². The van der Waals surface area contributed by atoms with Gasteiger partial charge in [-0.1, -0.05) is 42.0 Å². The molecule has 1 atom stereocenters. The number of rotatable bonds is 2. The zero-order chi connectivity index (χ0) is 17.7. The number of halogens is 3. The smallest absolute Gasteiger partial charge is 0.287 e. The summed E-state index contributed by atoms with van der Waals surface area (Å²) in [7, 11) is 0. The van der Waals surface area contributed by atoms with E-state index in [1.54, 1.807) is 38.1 Å². The van der Waals surface area contributed by atoms with E-state index in [0.29, 0.717) is 5.39 Å². The van der Waals surface area contributed by atoms with Crippen LogP contribution in [-0.4, -0.2) is 22.6 Å². The fourth-order valence-electron chi connectivity index (χ4n) is 3.35. The van der Waals surface area contributed by atoms with Gasteiger partial charge < -0.3 is 0 Å². The van der Waals surface area contributed by atoms with Gasteiger partial charge in [0.25, 0.3) is 0 Å². The number of hydrazine groups is 1. The average molecular weight is 336 g/mol. The molecular formula is C18H19F3N2O. The van der Waals surface area contributed by atoms with Gasteiger partial charge in [0.15, 0.2) is 6.04 Å². The molecule has 1 N–H and O–H groups in total. The van der Waals surface area contributed by atoms with Crippen LogP contribution in [0.4, 0.5) is 13.2 Å². The van der Waals surface area contributed by atoms with Crippen LogP contribution in [-0.2, 0) is 4.79 Å². The molecule has 1 fully saturated rings. The highest BCUT2D eigenvalue weighted by Crippen LogP contribution is 2.44. The van der Waals surface area contributed by atoms with Gasteiger partial charge in [0.1, 0.15) is 0 Å². The summed E-state index contributed by atoms with van der Waals surface area (Å²) < 4.78 is 41.8. The molecule has 0 spiro atoms. The number of benzene rings is 2. The van der Waals surface area contributed by atoms with E-state index in [1.165, 1.54) is 6.07 Å². The summed E-state index contributed by atoms with van der Waals surface area (Å²) in [4.78, 5) is 11.7. The highest BCUT2D eigenvalue weighted by Gasteiger charge is 2.53. The van der Waals surface area contributed by atoms with Crippen molar-refractivity contribution in [3.63, 3.8) is 0 Å². The predicted octanol–water partition coefficient (Wildman–Crippen LogP) is 4.27. The maximum atomic E-state index is 13.9. The van der Waals surface area contributed by atoms with Crippen LogP contribution in [0.1, 0.15) is 37.4 Å². The van der Waals surface area contributed by atoms with Gasteiger partial charge in [0.05, 0.1) is 0 Å². The summed E-state index contributed by atoms with van der Waals surface area (Å²) in [5, 5.41) is 2.34. The van der Waals surface area contributed by atoms with E-state index in [1.807, 2.05) is 13.0 Å². The lowest BCUT2D eigenvalue weighted by Gasteiger charge is -2.38. The van der Waals surface area contributed by atoms with Crippen molar-refractivity contribution in [1.29, 1.82) is 0 Å². The second kappa shape index (κ2) is 5.48. The number of alkyl halides is 3. The summed E-state index contributed by atoms with van der Waals surface area (Å²) in [6, 6.07) is 8.38. The molecule has 1 aliphatic heterocycles. The minimum absolute atomic E-state index is 0.0312. The monoisotopic (exact) mass is 336 g/mol. The third-order valence-corrected chi connectivity index (χ3v) is 4.42. The fraction of sp³-hybridized carbons (Fsp3) is 0.389. The second-order valence-electron chi connectivity index (χ2n) is 6.91. The van der Waals surface area contributed by atoms with E-state index in [0.717, 1.165) is 16.0 Å². The van der Waals surface area contributed by atoms with Crippen molar-refractivity contribution in [1.82, 2.24) is 10.4 Å². The first-order valence-electron chi connectivity index (χ1n) is 7.74. The number of aryl methyl sites for hydroxylation is 1. The van der Waals surface area contributed by atoms with Crippen molar-refractivity contribution in [2.75, 3.05) is 0 Å². The van der Waals surface area contributed by atoms with Crippen molar-refractivity contribution in [2.24, 2.45) is 0 Å². The molecule has 24 heavy (non-hydrogen) atoms. The number of fused-ring (bicyclic) bond motifs is 1. The molecule has 0 bridgehead atoms. The molecule has 0 aromatic heterocycles. The molecule has 2 aromatic carbocycles. The number of carbonyl (C=O) groups is 1. The van der Waals surface area contributed by atoms with E-state index in [2.05, 4.69) is 5.43 Å². The van der Waals surface area contributed by atoms with Gasteiger partial charge in [-0.3, -0.25) is 10.2 Å². The van der Waals surface area contributed by atoms with Crippen LogP contribution in [0.25, 0.3) is 10.8 Å². The zero-order valence-corrected chi connectivity index (χ0v) is 13.7. The number of nitrogens with one attached hydrogen (secondary N) is 1. The van der Waals surface area contributed by atoms with Crippen LogP contribution in [0.3, 0.4) is 0 Å². The molecule has 0 saturated carbocycles. The first-order valence-corrected chi connectivity index (χ1v) is 7.74. The Kier molecular flexibility index (Phi) is 3.83. The molecule has 1 amide bonds. The van der Waals surface area contributed by atoms with Gasteiger partial charge in [-0.25, -0.2) is 0 Å². The minimum Gasteiger partial charge on any atom is -0.287 e. The van der Waals surface area contributed by atoms with Gasteiger partial charge in [-0.05, 0) is 37.1 Å². The number of nitrogens with zero attached hydrogens (tertiary/aromatic N) is 1. The van der Waals surface area contributed by atoms with Crippen molar-refractivity contribution < 1.29 is 18.0 Å². The molecule has 1 saturated heterocycles. The molecular weight excluding hydrogens is 317 g/mol. The summed E-state index contributed by atoms with van der Waals surface area (Å²) in [6.07, 6.45) is -4.49. The lowest BCUT2D eigenvalue weighted by Crippen LogP contribution is -2.51. The Morgan fingerprint density at radius 3 is 2.50 bits per heavy atom. The minimum atomic E-state index is -4.52. The Hall–Kier alpha value is -2.08. The van der Waals surface area contributed by atoms with Gasteiger partial charge in [0, 0.05) is 12.0 Å². The Morgan fingerprint density at radius 2 is 1.92 bits per heavy atom. The number of hydrogen-bond acceptors (Lipinski definition) is 2. The summed E-state index contributed by atoms with van der Waals surface area (Å²) in [5.74, 6) is -0.398. The molecule has 0 aliphatic carbocycles. The van der Waals surface area contributed by atoms with Gasteiger partial charge in [0.2, 0.25) is 5.91 Å². The van der Waals surface area contributed by atoms with Crippen molar-refractivity contribution in [2.45, 2.75) is 44.9 Å². The van der Waals surface area contributed by atoms with Crippen LogP contribution in [0, 0.1) is 6.92 Å². The Bertz CT molecular complexity index is 798. The molecule has 1 heterocycles. The number of amides is 1. The highest BCUT2D eigenvalue weighted by molar-refractivity contribution is 5.87. The molecule has 0 unspecified atom stereocenters. The van der Waals surface area contributed by atoms with Crippen molar-refractivity contribution in [3.8, 4) is 0 Å². The summed E-state index contributed by atoms with van der Waals surface area (Å²) in [6.45, 7) is 5.18. The van der Waals surface area contributed by atoms with E-state index in [9.17, 15) is 18.0 Å². The molecule has 1 aliphatic rings. The molecule has 0 radical (unpaired) electrons. The van der Waals surface area contributed by atoms with Gasteiger partial charge >= 0.3 is 6.18 Å². The predicted molar refractivity (Wildman–Crippen MR) is 86.2 cm³/mol. The molecule has 128 valence electrons. The summed E-state index contributed by atoms with van der Waals surface area (Å²) >= 11 is 0. The van der Waals surface area contributed by atoms with Crippen LogP contribution in [0.5, 0.6) is 0 Å². The van der Waals surface area contributed by atoms with E-state index < -0.39 is 23.7 Å². The quantitative estimate of drug-likeness (QED) is 0.888. The molecule has 6 heteroatoms. The zero-order valence-electron chi connectivity index (χ0n) is 13.7. The number of hydrogen-bond donors (Lipinski definition) is 1. The largest absolute Gasteiger partial charge is 0.409 e. The Morgan fingerprint density at radius 1 is 1.21 bits per heavy atom. The lowest BCUT2D eigenvalue weighted by molar-refractivity contribution is -0.203. The lowest BCUT2D eigenvalue weighted by atomic mass is 9.93. The first-order chi connectivity index (χ1) is 11.1. The number of carbonyl (C=O) groups excluding carboxylic acids is 1. The van der Waals surface area contributed by atoms with Crippen LogP contribution in [0.2, 0.25) is 0 Å². The molecule has 2 aromatic rings. The second-order valence-corrected chi connectivity index (χ2v) is 6.91. The van der Waals surface area contributed by atoms with E-state index in [-0.39, 0.29) is 12.0 Å². The topological polar surface area (TPSA) is 32.3 Å².